The van der Waals surface area contributed by atoms with Gasteiger partial charge in [0.1, 0.15) is 0 Å². The lowest BCUT2D eigenvalue weighted by molar-refractivity contribution is 0.0923. The van der Waals surface area contributed by atoms with Crippen molar-refractivity contribution in [2.45, 2.75) is 64.0 Å². The van der Waals surface area contributed by atoms with E-state index >= 15 is 0 Å². The molecule has 1 N–H and O–H groups in total. The molecule has 2 aliphatic carbocycles. The highest BCUT2D eigenvalue weighted by molar-refractivity contribution is 5.94. The first-order valence-corrected chi connectivity index (χ1v) is 9.90. The molecule has 0 spiro atoms. The summed E-state index contributed by atoms with van der Waals surface area (Å²) in [6, 6.07) is 8.72. The number of carbonyl (C=O) groups excluding carboxylic acids is 1. The average Bonchev–Trinajstić information content (AvgIpc) is 3.12. The predicted octanol–water partition coefficient (Wildman–Crippen LogP) is 3.98. The number of rotatable bonds is 4. The molecule has 1 heterocycles. The highest BCUT2D eigenvalue weighted by Crippen LogP contribution is 2.44. The van der Waals surface area contributed by atoms with Crippen LogP contribution in [0.1, 0.15) is 67.3 Å². The molecule has 4 rings (SSSR count). The number of benzene rings is 1. The molecule has 130 valence electrons. The van der Waals surface area contributed by atoms with Gasteiger partial charge < -0.3 is 5.32 Å². The van der Waals surface area contributed by atoms with Gasteiger partial charge in [-0.05, 0) is 74.7 Å². The second-order valence-corrected chi connectivity index (χ2v) is 8.14. The highest BCUT2D eigenvalue weighted by Gasteiger charge is 2.40. The van der Waals surface area contributed by atoms with Gasteiger partial charge in [0, 0.05) is 18.2 Å². The fraction of sp³-hybridized carbons (Fsp3) is 0.667. The molecule has 1 aromatic rings. The SMILES string of the molecule is O=C(NC1CC2CCC1C2)c1ccc(CN2CCCCCC2)cc1. The smallest absolute Gasteiger partial charge is 0.251 e. The van der Waals surface area contributed by atoms with E-state index < -0.39 is 0 Å². The lowest BCUT2D eigenvalue weighted by atomic mass is 9.95. The summed E-state index contributed by atoms with van der Waals surface area (Å²) in [5.74, 6) is 1.73. The van der Waals surface area contributed by atoms with Crippen LogP contribution >= 0.6 is 0 Å². The molecule has 3 fully saturated rings. The highest BCUT2D eigenvalue weighted by atomic mass is 16.1. The Balaban J connectivity index is 1.32. The van der Waals surface area contributed by atoms with Crippen LogP contribution in [0.15, 0.2) is 24.3 Å². The summed E-state index contributed by atoms with van der Waals surface area (Å²) in [6.07, 6.45) is 10.6. The summed E-state index contributed by atoms with van der Waals surface area (Å²) in [6.45, 7) is 3.45. The Morgan fingerprint density at radius 1 is 1.00 bits per heavy atom. The van der Waals surface area contributed by atoms with Crippen LogP contribution in [0, 0.1) is 11.8 Å². The van der Waals surface area contributed by atoms with E-state index in [4.69, 9.17) is 0 Å². The number of likely N-dealkylation sites (tertiary alicyclic amines) is 1. The molecule has 1 aliphatic heterocycles. The third-order valence-electron chi connectivity index (χ3n) is 6.38. The van der Waals surface area contributed by atoms with E-state index in [0.29, 0.717) is 6.04 Å². The minimum absolute atomic E-state index is 0.119. The Labute approximate surface area is 145 Å². The molecule has 1 aromatic carbocycles. The third kappa shape index (κ3) is 3.66. The van der Waals surface area contributed by atoms with E-state index in [-0.39, 0.29) is 5.91 Å². The van der Waals surface area contributed by atoms with Gasteiger partial charge in [-0.25, -0.2) is 0 Å². The van der Waals surface area contributed by atoms with Gasteiger partial charge >= 0.3 is 0 Å². The average molecular weight is 326 g/mol. The summed E-state index contributed by atoms with van der Waals surface area (Å²) >= 11 is 0. The summed E-state index contributed by atoms with van der Waals surface area (Å²) in [5, 5.41) is 3.29. The van der Waals surface area contributed by atoms with E-state index in [2.05, 4.69) is 22.3 Å². The van der Waals surface area contributed by atoms with Gasteiger partial charge in [-0.1, -0.05) is 31.4 Å². The molecule has 1 saturated heterocycles. The minimum Gasteiger partial charge on any atom is -0.349 e. The Hall–Kier alpha value is -1.35. The van der Waals surface area contributed by atoms with Crippen LogP contribution in [-0.4, -0.2) is 29.9 Å². The largest absolute Gasteiger partial charge is 0.349 e. The van der Waals surface area contributed by atoms with Crippen LogP contribution in [-0.2, 0) is 6.54 Å². The second kappa shape index (κ2) is 7.26. The van der Waals surface area contributed by atoms with Crippen LogP contribution in [0.3, 0.4) is 0 Å². The number of nitrogens with zero attached hydrogens (tertiary/aromatic N) is 1. The van der Waals surface area contributed by atoms with E-state index in [9.17, 15) is 4.79 Å². The maximum Gasteiger partial charge on any atom is 0.251 e. The molecule has 3 atom stereocenters. The topological polar surface area (TPSA) is 32.3 Å². The van der Waals surface area contributed by atoms with Gasteiger partial charge in [-0.2, -0.15) is 0 Å². The van der Waals surface area contributed by atoms with E-state index in [1.165, 1.54) is 70.0 Å². The van der Waals surface area contributed by atoms with Gasteiger partial charge in [-0.3, -0.25) is 9.69 Å². The Kier molecular flexibility index (Phi) is 4.88. The normalized spacial score (nSPS) is 30.2. The van der Waals surface area contributed by atoms with Crippen molar-refractivity contribution in [1.82, 2.24) is 10.2 Å². The maximum atomic E-state index is 12.5. The number of amides is 1. The molecule has 0 radical (unpaired) electrons. The van der Waals surface area contributed by atoms with Crippen LogP contribution < -0.4 is 5.32 Å². The number of nitrogens with one attached hydrogen (secondary N) is 1. The van der Waals surface area contributed by atoms with Crippen LogP contribution in [0.5, 0.6) is 0 Å². The molecule has 2 bridgehead atoms. The fourth-order valence-electron chi connectivity index (χ4n) is 4.99. The van der Waals surface area contributed by atoms with Gasteiger partial charge in [-0.15, -0.1) is 0 Å². The molecule has 24 heavy (non-hydrogen) atoms. The standard InChI is InChI=1S/C21H30N2O/c24-21(22-20-14-17-7-10-19(20)13-17)18-8-5-16(6-9-18)15-23-11-3-1-2-4-12-23/h5-6,8-9,17,19-20H,1-4,7,10-15H2,(H,22,24). The van der Waals surface area contributed by atoms with Gasteiger partial charge in [0.25, 0.3) is 5.91 Å². The second-order valence-electron chi connectivity index (χ2n) is 8.14. The van der Waals surface area contributed by atoms with Crippen LogP contribution in [0.25, 0.3) is 0 Å². The molecule has 0 aromatic heterocycles. The van der Waals surface area contributed by atoms with Crippen molar-refractivity contribution >= 4 is 5.91 Å². The summed E-state index contributed by atoms with van der Waals surface area (Å²) in [5.41, 5.74) is 2.14. The number of carbonyl (C=O) groups is 1. The van der Waals surface area contributed by atoms with Crippen molar-refractivity contribution in [3.8, 4) is 0 Å². The fourth-order valence-corrected chi connectivity index (χ4v) is 4.99. The van der Waals surface area contributed by atoms with Crippen molar-refractivity contribution in [3.05, 3.63) is 35.4 Å². The zero-order chi connectivity index (χ0) is 16.4. The van der Waals surface area contributed by atoms with Crippen molar-refractivity contribution in [2.75, 3.05) is 13.1 Å². The zero-order valence-corrected chi connectivity index (χ0v) is 14.7. The van der Waals surface area contributed by atoms with Crippen molar-refractivity contribution in [1.29, 1.82) is 0 Å². The van der Waals surface area contributed by atoms with Gasteiger partial charge in [0.2, 0.25) is 0 Å². The molecule has 2 saturated carbocycles. The molecular formula is C21H30N2O. The number of hydrogen-bond acceptors (Lipinski definition) is 2. The van der Waals surface area contributed by atoms with Gasteiger partial charge in [0.05, 0.1) is 0 Å². The van der Waals surface area contributed by atoms with Crippen LogP contribution in [0.4, 0.5) is 0 Å². The molecule has 3 nitrogen and oxygen atoms in total. The van der Waals surface area contributed by atoms with Crippen molar-refractivity contribution in [2.24, 2.45) is 11.8 Å². The molecule has 3 aliphatic rings. The van der Waals surface area contributed by atoms with Crippen LogP contribution in [0.2, 0.25) is 0 Å². The first kappa shape index (κ1) is 16.1. The Morgan fingerprint density at radius 3 is 2.38 bits per heavy atom. The first-order valence-electron chi connectivity index (χ1n) is 9.90. The van der Waals surface area contributed by atoms with E-state index in [0.717, 1.165) is 23.9 Å². The number of fused-ring (bicyclic) bond motifs is 2. The molecular weight excluding hydrogens is 296 g/mol. The first-order chi connectivity index (χ1) is 11.8. The van der Waals surface area contributed by atoms with E-state index in [1.54, 1.807) is 0 Å². The predicted molar refractivity (Wildman–Crippen MR) is 96.9 cm³/mol. The van der Waals surface area contributed by atoms with Crippen molar-refractivity contribution < 1.29 is 4.79 Å². The van der Waals surface area contributed by atoms with Crippen molar-refractivity contribution in [3.63, 3.8) is 0 Å². The molecule has 3 unspecified atom stereocenters. The number of hydrogen-bond donors (Lipinski definition) is 1. The van der Waals surface area contributed by atoms with Gasteiger partial charge in [0.15, 0.2) is 0 Å². The van der Waals surface area contributed by atoms with E-state index in [1.807, 2.05) is 12.1 Å². The lowest BCUT2D eigenvalue weighted by Gasteiger charge is -2.23. The lowest BCUT2D eigenvalue weighted by Crippen LogP contribution is -2.38. The third-order valence-corrected chi connectivity index (χ3v) is 6.38. The minimum atomic E-state index is 0.119. The maximum absolute atomic E-state index is 12.5. The summed E-state index contributed by atoms with van der Waals surface area (Å²) in [4.78, 5) is 15.1. The zero-order valence-electron chi connectivity index (χ0n) is 14.7. The summed E-state index contributed by atoms with van der Waals surface area (Å²) < 4.78 is 0. The molecule has 3 heteroatoms. The monoisotopic (exact) mass is 326 g/mol. The molecule has 1 amide bonds. The summed E-state index contributed by atoms with van der Waals surface area (Å²) in [7, 11) is 0. The quantitative estimate of drug-likeness (QED) is 0.907. The Bertz CT molecular complexity index is 560. The Morgan fingerprint density at radius 2 is 1.75 bits per heavy atom.